The number of hydrogen-bond donors (Lipinski definition) is 2. The van der Waals surface area contributed by atoms with Crippen molar-refractivity contribution in [1.82, 2.24) is 10.3 Å². The Morgan fingerprint density at radius 2 is 2.11 bits per heavy atom. The van der Waals surface area contributed by atoms with E-state index in [0.29, 0.717) is 6.04 Å². The number of aromatic nitrogens is 1. The van der Waals surface area contributed by atoms with E-state index in [1.165, 1.54) is 0 Å². The molecular weight excluding hydrogens is 296 g/mol. The smallest absolute Gasteiger partial charge is 0.306 e. The van der Waals surface area contributed by atoms with Gasteiger partial charge in [-0.1, -0.05) is 0 Å². The van der Waals surface area contributed by atoms with E-state index in [0.717, 1.165) is 42.4 Å². The van der Waals surface area contributed by atoms with Gasteiger partial charge < -0.3 is 10.4 Å². The highest BCUT2D eigenvalue weighted by Crippen LogP contribution is 2.24. The summed E-state index contributed by atoms with van der Waals surface area (Å²) in [4.78, 5) is 15.1. The fourth-order valence-electron chi connectivity index (χ4n) is 2.30. The Labute approximate surface area is 115 Å². The Kier molecular flexibility index (Phi) is 4.72. The molecule has 2 N–H and O–H groups in total. The maximum Gasteiger partial charge on any atom is 0.306 e. The number of hydrogen-bond acceptors (Lipinski definition) is 3. The third-order valence-corrected chi connectivity index (χ3v) is 3.91. The number of halogens is 1. The summed E-state index contributed by atoms with van der Waals surface area (Å²) in [6.07, 6.45) is 5.22. The summed E-state index contributed by atoms with van der Waals surface area (Å²) in [5.74, 6) is -0.795. The number of nitrogens with one attached hydrogen (secondary N) is 1. The monoisotopic (exact) mass is 312 g/mol. The van der Waals surface area contributed by atoms with Crippen LogP contribution in [0.3, 0.4) is 0 Å². The Balaban J connectivity index is 1.75. The third kappa shape index (κ3) is 3.78. The van der Waals surface area contributed by atoms with E-state index in [4.69, 9.17) is 5.11 Å². The molecule has 98 valence electrons. The molecule has 0 spiro atoms. The van der Waals surface area contributed by atoms with Crippen molar-refractivity contribution in [3.63, 3.8) is 0 Å². The number of pyridine rings is 1. The molecule has 18 heavy (non-hydrogen) atoms. The molecule has 1 aromatic rings. The van der Waals surface area contributed by atoms with Gasteiger partial charge in [0.15, 0.2) is 0 Å². The average molecular weight is 313 g/mol. The lowest BCUT2D eigenvalue weighted by Crippen LogP contribution is -2.34. The highest BCUT2D eigenvalue weighted by molar-refractivity contribution is 9.10. The lowest BCUT2D eigenvalue weighted by molar-refractivity contribution is -0.142. The summed E-state index contributed by atoms with van der Waals surface area (Å²) < 4.78 is 0.980. The van der Waals surface area contributed by atoms with Gasteiger partial charge in [0, 0.05) is 23.3 Å². The standard InChI is InChI=1S/C13H17BrN2O2/c14-10-3-6-12(15-7-10)8-16-11-4-1-9(2-5-11)13(17)18/h3,6-7,9,11,16H,1-2,4-5,8H2,(H,17,18). The van der Waals surface area contributed by atoms with Crippen molar-refractivity contribution in [2.45, 2.75) is 38.3 Å². The summed E-state index contributed by atoms with van der Waals surface area (Å²) >= 11 is 3.35. The molecule has 2 rings (SSSR count). The van der Waals surface area contributed by atoms with Crippen LogP contribution in [0.5, 0.6) is 0 Å². The predicted molar refractivity (Wildman–Crippen MR) is 72.2 cm³/mol. The first-order valence-electron chi connectivity index (χ1n) is 6.22. The van der Waals surface area contributed by atoms with E-state index < -0.39 is 5.97 Å². The summed E-state index contributed by atoms with van der Waals surface area (Å²) in [5.41, 5.74) is 1.01. The summed E-state index contributed by atoms with van der Waals surface area (Å²) in [7, 11) is 0. The highest BCUT2D eigenvalue weighted by Gasteiger charge is 2.25. The minimum absolute atomic E-state index is 0.145. The second-order valence-electron chi connectivity index (χ2n) is 4.74. The van der Waals surface area contributed by atoms with E-state index in [-0.39, 0.29) is 5.92 Å². The van der Waals surface area contributed by atoms with Crippen molar-refractivity contribution < 1.29 is 9.90 Å². The van der Waals surface area contributed by atoms with Crippen molar-refractivity contribution in [3.8, 4) is 0 Å². The van der Waals surface area contributed by atoms with Gasteiger partial charge in [-0.3, -0.25) is 9.78 Å². The zero-order chi connectivity index (χ0) is 13.0. The second-order valence-corrected chi connectivity index (χ2v) is 5.65. The molecule has 5 heteroatoms. The lowest BCUT2D eigenvalue weighted by Gasteiger charge is -2.26. The van der Waals surface area contributed by atoms with Crippen LogP contribution in [0.4, 0.5) is 0 Å². The molecule has 0 aromatic carbocycles. The van der Waals surface area contributed by atoms with Gasteiger partial charge in [-0.25, -0.2) is 0 Å². The van der Waals surface area contributed by atoms with Crippen LogP contribution in [0.1, 0.15) is 31.4 Å². The van der Waals surface area contributed by atoms with Crippen LogP contribution in [0.25, 0.3) is 0 Å². The van der Waals surface area contributed by atoms with Crippen LogP contribution < -0.4 is 5.32 Å². The van der Waals surface area contributed by atoms with Gasteiger partial charge in [0.2, 0.25) is 0 Å². The predicted octanol–water partition coefficient (Wildman–Crippen LogP) is 2.58. The molecule has 0 atom stereocenters. The molecule has 0 unspecified atom stereocenters. The number of nitrogens with zero attached hydrogens (tertiary/aromatic N) is 1. The van der Waals surface area contributed by atoms with E-state index in [1.54, 1.807) is 6.20 Å². The molecule has 0 amide bonds. The number of carboxylic acid groups (broad SMARTS) is 1. The van der Waals surface area contributed by atoms with Crippen LogP contribution in [-0.4, -0.2) is 22.1 Å². The minimum Gasteiger partial charge on any atom is -0.481 e. The van der Waals surface area contributed by atoms with E-state index in [2.05, 4.69) is 26.2 Å². The first-order chi connectivity index (χ1) is 8.65. The molecule has 0 bridgehead atoms. The molecule has 4 nitrogen and oxygen atoms in total. The molecular formula is C13H17BrN2O2. The Morgan fingerprint density at radius 3 is 2.67 bits per heavy atom. The Morgan fingerprint density at radius 1 is 1.39 bits per heavy atom. The van der Waals surface area contributed by atoms with Gasteiger partial charge in [0.05, 0.1) is 11.6 Å². The SMILES string of the molecule is O=C(O)C1CCC(NCc2ccc(Br)cn2)CC1. The van der Waals surface area contributed by atoms with E-state index in [1.807, 2.05) is 12.1 Å². The van der Waals surface area contributed by atoms with Gasteiger partial charge in [0.1, 0.15) is 0 Å². The largest absolute Gasteiger partial charge is 0.481 e. The average Bonchev–Trinajstić information content (AvgIpc) is 2.38. The minimum atomic E-state index is -0.650. The number of carbonyl (C=O) groups is 1. The van der Waals surface area contributed by atoms with Gasteiger partial charge in [-0.2, -0.15) is 0 Å². The van der Waals surface area contributed by atoms with Crippen molar-refractivity contribution >= 4 is 21.9 Å². The normalized spacial score (nSPS) is 23.8. The van der Waals surface area contributed by atoms with Crippen molar-refractivity contribution in [2.24, 2.45) is 5.92 Å². The number of carboxylic acids is 1. The fourth-order valence-corrected chi connectivity index (χ4v) is 2.54. The van der Waals surface area contributed by atoms with Crippen molar-refractivity contribution in [3.05, 3.63) is 28.5 Å². The van der Waals surface area contributed by atoms with Gasteiger partial charge in [-0.05, 0) is 53.7 Å². The Bertz CT molecular complexity index is 400. The molecule has 1 heterocycles. The lowest BCUT2D eigenvalue weighted by atomic mass is 9.86. The van der Waals surface area contributed by atoms with Gasteiger partial charge >= 0.3 is 5.97 Å². The van der Waals surface area contributed by atoms with Crippen LogP contribution >= 0.6 is 15.9 Å². The maximum absolute atomic E-state index is 10.8. The molecule has 1 aliphatic carbocycles. The first kappa shape index (κ1) is 13.5. The third-order valence-electron chi connectivity index (χ3n) is 3.44. The Hall–Kier alpha value is -0.940. The van der Waals surface area contributed by atoms with Crippen molar-refractivity contribution in [1.29, 1.82) is 0 Å². The molecule has 0 radical (unpaired) electrons. The zero-order valence-electron chi connectivity index (χ0n) is 10.1. The molecule has 0 saturated heterocycles. The topological polar surface area (TPSA) is 62.2 Å². The summed E-state index contributed by atoms with van der Waals surface area (Å²) in [6.45, 7) is 0.746. The van der Waals surface area contributed by atoms with Crippen LogP contribution in [0.2, 0.25) is 0 Å². The van der Waals surface area contributed by atoms with Gasteiger partial charge in [-0.15, -0.1) is 0 Å². The van der Waals surface area contributed by atoms with E-state index in [9.17, 15) is 4.79 Å². The number of rotatable bonds is 4. The molecule has 0 aliphatic heterocycles. The second kappa shape index (κ2) is 6.29. The maximum atomic E-state index is 10.8. The van der Waals surface area contributed by atoms with E-state index >= 15 is 0 Å². The first-order valence-corrected chi connectivity index (χ1v) is 7.01. The molecule has 1 aliphatic rings. The number of aliphatic carboxylic acids is 1. The fraction of sp³-hybridized carbons (Fsp3) is 0.538. The zero-order valence-corrected chi connectivity index (χ0v) is 11.7. The quantitative estimate of drug-likeness (QED) is 0.897. The molecule has 1 fully saturated rings. The van der Waals surface area contributed by atoms with Crippen molar-refractivity contribution in [2.75, 3.05) is 0 Å². The van der Waals surface area contributed by atoms with Crippen LogP contribution in [-0.2, 0) is 11.3 Å². The van der Waals surface area contributed by atoms with Gasteiger partial charge in [0.25, 0.3) is 0 Å². The van der Waals surface area contributed by atoms with Crippen LogP contribution in [0, 0.1) is 5.92 Å². The highest BCUT2D eigenvalue weighted by atomic mass is 79.9. The van der Waals surface area contributed by atoms with Crippen LogP contribution in [0.15, 0.2) is 22.8 Å². The summed E-state index contributed by atoms with van der Waals surface area (Å²) in [6, 6.07) is 4.39. The molecule has 1 saturated carbocycles. The molecule has 1 aromatic heterocycles. The summed E-state index contributed by atoms with van der Waals surface area (Å²) in [5, 5.41) is 12.4.